The summed E-state index contributed by atoms with van der Waals surface area (Å²) in [4.78, 5) is 43.5. The predicted molar refractivity (Wildman–Crippen MR) is 229 cm³/mol. The zero-order valence-corrected chi connectivity index (χ0v) is 35.8. The monoisotopic (exact) mass is 786 g/mol. The van der Waals surface area contributed by atoms with Crippen molar-refractivity contribution in [1.29, 1.82) is 0 Å². The van der Waals surface area contributed by atoms with Crippen molar-refractivity contribution in [3.63, 3.8) is 0 Å². The first-order valence-corrected chi connectivity index (χ1v) is 19.5. The van der Waals surface area contributed by atoms with Gasteiger partial charge in [0, 0.05) is 18.6 Å². The number of carboxylic acids is 3. The van der Waals surface area contributed by atoms with Crippen molar-refractivity contribution >= 4 is 23.9 Å². The number of esters is 1. The molecule has 0 aromatic rings. The first-order chi connectivity index (χ1) is 26.5. The molecule has 0 saturated heterocycles. The van der Waals surface area contributed by atoms with Gasteiger partial charge in [0.2, 0.25) is 0 Å². The maximum absolute atomic E-state index is 11.3. The lowest BCUT2D eigenvalue weighted by Gasteiger charge is -2.33. The Bertz CT molecular complexity index is 1790. The molecule has 0 bridgehead atoms. The van der Waals surface area contributed by atoms with Gasteiger partial charge in [0.1, 0.15) is 6.61 Å². The highest BCUT2D eigenvalue weighted by Gasteiger charge is 2.37. The van der Waals surface area contributed by atoms with Gasteiger partial charge in [-0.3, -0.25) is 4.79 Å². The van der Waals surface area contributed by atoms with Crippen molar-refractivity contribution < 1.29 is 44.3 Å². The molecule has 4 N–H and O–H groups in total. The molecule has 0 aromatic carbocycles. The largest absolute Gasteiger partial charge is 0.481 e. The van der Waals surface area contributed by atoms with Crippen LogP contribution in [0.25, 0.3) is 0 Å². The fraction of sp³-hybridized carbons (Fsp3) is 0.458. The Labute approximate surface area is 340 Å². The number of carboxylic acid groups (broad SMARTS) is 3. The van der Waals surface area contributed by atoms with Crippen LogP contribution in [-0.2, 0) is 23.9 Å². The molecule has 0 heterocycles. The van der Waals surface area contributed by atoms with Gasteiger partial charge >= 0.3 is 23.9 Å². The minimum absolute atomic E-state index is 0.101. The molecule has 1 atom stereocenters. The van der Waals surface area contributed by atoms with E-state index in [-0.39, 0.29) is 23.9 Å². The van der Waals surface area contributed by atoms with E-state index in [1.165, 1.54) is 60.5 Å². The van der Waals surface area contributed by atoms with Crippen molar-refractivity contribution in [2.24, 2.45) is 10.8 Å². The van der Waals surface area contributed by atoms with Gasteiger partial charge in [0.15, 0.2) is 5.60 Å². The molecular weight excluding hydrogens is 721 g/mol. The Morgan fingerprint density at radius 1 is 0.667 bits per heavy atom. The molecule has 2 aliphatic rings. The molecule has 312 valence electrons. The molecule has 0 saturated carbocycles. The zero-order valence-electron chi connectivity index (χ0n) is 35.8. The second-order valence-corrected chi connectivity index (χ2v) is 16.4. The molecular formula is C48H66O9. The first kappa shape index (κ1) is 50.0. The van der Waals surface area contributed by atoms with Crippen LogP contribution in [0.5, 0.6) is 0 Å². The van der Waals surface area contributed by atoms with Crippen LogP contribution in [0.3, 0.4) is 0 Å². The number of carbonyl (C=O) groups excluding carboxylic acids is 1. The van der Waals surface area contributed by atoms with E-state index in [4.69, 9.17) is 20.1 Å². The Balaban J connectivity index is 0.000000570. The number of rotatable bonds is 17. The number of aliphatic carboxylic acids is 3. The van der Waals surface area contributed by atoms with Crippen LogP contribution in [0.2, 0.25) is 0 Å². The minimum atomic E-state index is -2.30. The lowest BCUT2D eigenvalue weighted by molar-refractivity contribution is -0.164. The zero-order chi connectivity index (χ0) is 43.4. The van der Waals surface area contributed by atoms with Crippen molar-refractivity contribution in [1.82, 2.24) is 0 Å². The fourth-order valence-corrected chi connectivity index (χ4v) is 6.66. The summed E-state index contributed by atoms with van der Waals surface area (Å²) >= 11 is 0. The molecule has 2 rings (SSSR count). The van der Waals surface area contributed by atoms with Crippen LogP contribution in [0.4, 0.5) is 0 Å². The number of allylic oxidation sites excluding steroid dienone is 18. The minimum Gasteiger partial charge on any atom is -0.481 e. The molecule has 1 unspecified atom stereocenters. The van der Waals surface area contributed by atoms with E-state index >= 15 is 0 Å². The molecule has 0 radical (unpaired) electrons. The van der Waals surface area contributed by atoms with Crippen molar-refractivity contribution in [3.8, 4) is 0 Å². The Morgan fingerprint density at radius 2 is 1.12 bits per heavy atom. The van der Waals surface area contributed by atoms with E-state index < -0.39 is 35.9 Å². The maximum Gasteiger partial charge on any atom is 0.336 e. The van der Waals surface area contributed by atoms with E-state index in [1.807, 2.05) is 44.2 Å². The van der Waals surface area contributed by atoms with Crippen LogP contribution in [0, 0.1) is 10.8 Å². The molecule has 9 heteroatoms. The highest BCUT2D eigenvalue weighted by Crippen LogP contribution is 2.41. The van der Waals surface area contributed by atoms with Gasteiger partial charge in [-0.15, -0.1) is 0 Å². The lowest BCUT2D eigenvalue weighted by Crippen LogP contribution is -2.40. The van der Waals surface area contributed by atoms with Gasteiger partial charge in [-0.05, 0) is 108 Å². The van der Waals surface area contributed by atoms with E-state index in [2.05, 4.69) is 72.8 Å². The number of hydrogen-bond donors (Lipinski definition) is 4. The summed E-state index contributed by atoms with van der Waals surface area (Å²) in [5, 5.41) is 36.3. The first-order valence-electron chi connectivity index (χ1n) is 19.5. The number of ether oxygens (including phenoxy) is 1. The molecule has 2 aliphatic carbocycles. The van der Waals surface area contributed by atoms with Gasteiger partial charge in [0.25, 0.3) is 0 Å². The summed E-state index contributed by atoms with van der Waals surface area (Å²) in [6.07, 6.45) is 31.4. The Morgan fingerprint density at radius 3 is 1.53 bits per heavy atom. The van der Waals surface area contributed by atoms with E-state index in [1.54, 1.807) is 19.1 Å². The van der Waals surface area contributed by atoms with Crippen LogP contribution in [0.15, 0.2) is 130 Å². The van der Waals surface area contributed by atoms with E-state index in [0.29, 0.717) is 0 Å². The standard InChI is InChI=1S/C24H34O5.C24H32O4/c1-17(11-12-20-19(3)10-7-14-23(20,4)5)8-6-9-18(2)13-15-24(29,22(27)28)16-21(25)26;1-18(11-12-21-20(3)10-7-16-24(21,4)5)8-6-9-19(2)15-17-28-23(27)14-13-22(25)26/h6,8-9,11-13,29H,7,10,14-16H2,1-5H3,(H,25,26)(H,27,28);6,8-9,11-15H,7,10,16-17H2,1-5H3,(H,25,26)/b;9-6-,12-11?,14-13+,18-8?,19-15?. The maximum atomic E-state index is 11.3. The highest BCUT2D eigenvalue weighted by molar-refractivity contribution is 5.90. The van der Waals surface area contributed by atoms with Gasteiger partial charge in [-0.1, -0.05) is 128 Å². The van der Waals surface area contributed by atoms with E-state index in [0.717, 1.165) is 40.9 Å². The second-order valence-electron chi connectivity index (χ2n) is 16.4. The Hall–Kier alpha value is -5.02. The normalized spacial score (nSPS) is 19.4. The highest BCUT2D eigenvalue weighted by atomic mass is 16.5. The van der Waals surface area contributed by atoms with Gasteiger partial charge in [-0.2, -0.15) is 0 Å². The molecule has 0 fully saturated rings. The van der Waals surface area contributed by atoms with Crippen LogP contribution < -0.4 is 0 Å². The quantitative estimate of drug-likeness (QED) is 0.0639. The van der Waals surface area contributed by atoms with Gasteiger partial charge in [0.05, 0.1) is 6.42 Å². The summed E-state index contributed by atoms with van der Waals surface area (Å²) in [6.45, 7) is 21.5. The smallest absolute Gasteiger partial charge is 0.336 e. The topological polar surface area (TPSA) is 158 Å². The fourth-order valence-electron chi connectivity index (χ4n) is 6.66. The van der Waals surface area contributed by atoms with Crippen LogP contribution in [0.1, 0.15) is 121 Å². The van der Waals surface area contributed by atoms with E-state index in [9.17, 15) is 24.3 Å². The molecule has 0 amide bonds. The summed E-state index contributed by atoms with van der Waals surface area (Å²) in [7, 11) is 0. The molecule has 0 aromatic heterocycles. The van der Waals surface area contributed by atoms with Crippen LogP contribution in [-0.4, -0.2) is 56.5 Å². The number of carbonyl (C=O) groups is 4. The van der Waals surface area contributed by atoms with Crippen LogP contribution >= 0.6 is 0 Å². The van der Waals surface area contributed by atoms with Crippen molar-refractivity contribution in [2.45, 2.75) is 126 Å². The summed E-state index contributed by atoms with van der Waals surface area (Å²) in [6, 6.07) is 0. The summed E-state index contributed by atoms with van der Waals surface area (Å²) < 4.78 is 4.89. The summed E-state index contributed by atoms with van der Waals surface area (Å²) in [5.74, 6) is -4.75. The lowest BCUT2D eigenvalue weighted by atomic mass is 9.72. The number of hydrogen-bond acceptors (Lipinski definition) is 6. The third-order valence-corrected chi connectivity index (χ3v) is 10.1. The van der Waals surface area contributed by atoms with Crippen molar-refractivity contribution in [3.05, 3.63) is 130 Å². The Kier molecular flexibility index (Phi) is 21.0. The third-order valence-electron chi connectivity index (χ3n) is 10.1. The SMILES string of the molecule is CC(C=CC1=C(C)CCCC1(C)C)=C/C=C\C(C)=CCOC(=O)/C=C/C(=O)O.CC(C=CC1=C(C)CCCC1(C)C)=CC=CC(C)=CCC(O)(CC(=O)O)C(=O)O. The molecule has 57 heavy (non-hydrogen) atoms. The van der Waals surface area contributed by atoms with Gasteiger partial charge < -0.3 is 25.2 Å². The predicted octanol–water partition coefficient (Wildman–Crippen LogP) is 10.9. The molecule has 0 aliphatic heterocycles. The molecule has 9 nitrogen and oxygen atoms in total. The average Bonchev–Trinajstić information content (AvgIpc) is 3.09. The van der Waals surface area contributed by atoms with Gasteiger partial charge in [-0.25, -0.2) is 14.4 Å². The summed E-state index contributed by atoms with van der Waals surface area (Å²) in [5.41, 5.74) is 7.89. The number of aliphatic hydroxyl groups is 1. The average molecular weight is 787 g/mol. The second kappa shape index (κ2) is 23.9. The molecule has 0 spiro atoms. The van der Waals surface area contributed by atoms with Crippen molar-refractivity contribution in [2.75, 3.05) is 6.61 Å². The third kappa shape index (κ3) is 19.6.